The van der Waals surface area contributed by atoms with Crippen molar-refractivity contribution in [2.24, 2.45) is 0 Å². The van der Waals surface area contributed by atoms with E-state index in [9.17, 15) is 19.1 Å². The van der Waals surface area contributed by atoms with Gasteiger partial charge in [-0.2, -0.15) is 0 Å². The van der Waals surface area contributed by atoms with E-state index in [4.69, 9.17) is 4.74 Å². The van der Waals surface area contributed by atoms with Crippen LogP contribution in [0.5, 0.6) is 5.75 Å². The molecule has 0 bridgehead atoms. The molecule has 5 rings (SSSR count). The van der Waals surface area contributed by atoms with Gasteiger partial charge in [0.25, 0.3) is 0 Å². The lowest BCUT2D eigenvalue weighted by Gasteiger charge is -2.35. The van der Waals surface area contributed by atoms with Crippen molar-refractivity contribution < 1.29 is 19.0 Å². The lowest BCUT2D eigenvalue weighted by atomic mass is 10.1. The molecule has 0 unspecified atom stereocenters. The number of aromatic nitrogens is 4. The lowest BCUT2D eigenvalue weighted by molar-refractivity contribution is -0.143. The topological polar surface area (TPSA) is 102 Å². The van der Waals surface area contributed by atoms with E-state index in [1.54, 1.807) is 34.0 Å². The molecule has 11 heteroatoms. The summed E-state index contributed by atoms with van der Waals surface area (Å²) in [5.74, 6) is -0.684. The molecule has 0 radical (unpaired) electrons. The number of imidazole rings is 1. The number of morpholine rings is 1. The summed E-state index contributed by atoms with van der Waals surface area (Å²) >= 11 is 1.29. The highest BCUT2D eigenvalue weighted by Crippen LogP contribution is 2.30. The van der Waals surface area contributed by atoms with Gasteiger partial charge in [-0.05, 0) is 31.5 Å². The molecule has 0 aliphatic carbocycles. The minimum absolute atomic E-state index is 0.000279. The first-order chi connectivity index (χ1) is 16.8. The summed E-state index contributed by atoms with van der Waals surface area (Å²) in [6.07, 6.45) is 5.15. The Labute approximate surface area is 204 Å². The average Bonchev–Trinajstić information content (AvgIpc) is 3.44. The summed E-state index contributed by atoms with van der Waals surface area (Å²) in [4.78, 5) is 37.3. The quantitative estimate of drug-likeness (QED) is 0.455. The maximum Gasteiger partial charge on any atom is 0.302 e. The molecule has 0 saturated carbocycles. The van der Waals surface area contributed by atoms with Gasteiger partial charge in [-0.1, -0.05) is 12.1 Å². The average molecular weight is 498 g/mol. The molecule has 1 saturated heterocycles. The van der Waals surface area contributed by atoms with Gasteiger partial charge in [0, 0.05) is 43.0 Å². The molecular weight excluding hydrogens is 473 g/mol. The third-order valence-electron chi connectivity index (χ3n) is 5.85. The number of ether oxygens (including phenoxy) is 1. The smallest absolute Gasteiger partial charge is 0.302 e. The molecule has 1 aliphatic heterocycles. The summed E-state index contributed by atoms with van der Waals surface area (Å²) < 4.78 is 21.7. The van der Waals surface area contributed by atoms with Crippen LogP contribution in [0.15, 0.2) is 47.7 Å². The summed E-state index contributed by atoms with van der Waals surface area (Å²) in [6, 6.07) is 6.19. The van der Waals surface area contributed by atoms with Crippen molar-refractivity contribution in [2.45, 2.75) is 39.0 Å². The SMILES string of the molecule is C[C@H]1CN(C(=O)Cn2ccn3c(=O)c(O)c(-c4ncc(Cc5ccc(F)cc5)s4)nc23)C[C@H](C)O1. The fraction of sp³-hybridized carbons (Fsp3) is 0.333. The van der Waals surface area contributed by atoms with E-state index in [1.807, 2.05) is 13.8 Å². The maximum absolute atomic E-state index is 13.2. The van der Waals surface area contributed by atoms with Crippen molar-refractivity contribution in [1.29, 1.82) is 0 Å². The number of carbonyl (C=O) groups excluding carboxylic acids is 1. The zero-order valence-corrected chi connectivity index (χ0v) is 20.0. The Hall–Kier alpha value is -3.57. The van der Waals surface area contributed by atoms with Crippen LogP contribution in [0.4, 0.5) is 4.39 Å². The van der Waals surface area contributed by atoms with Gasteiger partial charge in [-0.15, -0.1) is 11.3 Å². The Morgan fingerprint density at radius 2 is 1.91 bits per heavy atom. The highest BCUT2D eigenvalue weighted by atomic mass is 32.1. The first-order valence-electron chi connectivity index (χ1n) is 11.2. The maximum atomic E-state index is 13.2. The Kier molecular flexibility index (Phi) is 6.12. The lowest BCUT2D eigenvalue weighted by Crippen LogP contribution is -2.49. The van der Waals surface area contributed by atoms with Gasteiger partial charge in [0.1, 0.15) is 17.4 Å². The Morgan fingerprint density at radius 3 is 2.63 bits per heavy atom. The fourth-order valence-corrected chi connectivity index (χ4v) is 5.20. The zero-order chi connectivity index (χ0) is 24.7. The third-order valence-corrected chi connectivity index (χ3v) is 6.86. The van der Waals surface area contributed by atoms with Crippen LogP contribution in [-0.2, 0) is 22.5 Å². The zero-order valence-electron chi connectivity index (χ0n) is 19.2. The second-order valence-electron chi connectivity index (χ2n) is 8.70. The van der Waals surface area contributed by atoms with Gasteiger partial charge >= 0.3 is 5.56 Å². The number of rotatable bonds is 5. The van der Waals surface area contributed by atoms with Crippen molar-refractivity contribution in [2.75, 3.05) is 13.1 Å². The van der Waals surface area contributed by atoms with Crippen LogP contribution < -0.4 is 5.56 Å². The van der Waals surface area contributed by atoms with Gasteiger partial charge in [0.2, 0.25) is 17.4 Å². The Bertz CT molecular complexity index is 1430. The van der Waals surface area contributed by atoms with E-state index in [0.717, 1.165) is 10.4 Å². The fourth-order valence-electron chi connectivity index (χ4n) is 4.27. The predicted octanol–water partition coefficient (Wildman–Crippen LogP) is 2.69. The number of halogens is 1. The molecule has 4 aromatic rings. The van der Waals surface area contributed by atoms with Crippen molar-refractivity contribution in [3.8, 4) is 16.5 Å². The molecule has 2 atom stereocenters. The summed E-state index contributed by atoms with van der Waals surface area (Å²) in [5, 5.41) is 10.9. The molecule has 1 N–H and O–H groups in total. The van der Waals surface area contributed by atoms with E-state index in [0.29, 0.717) is 24.5 Å². The van der Waals surface area contributed by atoms with Crippen molar-refractivity contribution in [3.63, 3.8) is 0 Å². The van der Waals surface area contributed by atoms with Gasteiger partial charge in [0.05, 0.1) is 12.2 Å². The number of benzene rings is 1. The predicted molar refractivity (Wildman–Crippen MR) is 128 cm³/mol. The molecule has 9 nitrogen and oxygen atoms in total. The van der Waals surface area contributed by atoms with Gasteiger partial charge < -0.3 is 19.3 Å². The molecule has 0 spiro atoms. The van der Waals surface area contributed by atoms with Crippen molar-refractivity contribution in [1.82, 2.24) is 23.8 Å². The van der Waals surface area contributed by atoms with Crippen LogP contribution in [0.1, 0.15) is 24.3 Å². The molecule has 4 heterocycles. The van der Waals surface area contributed by atoms with E-state index in [1.165, 1.54) is 34.1 Å². The van der Waals surface area contributed by atoms with E-state index < -0.39 is 11.3 Å². The van der Waals surface area contributed by atoms with Crippen LogP contribution in [0.2, 0.25) is 0 Å². The first kappa shape index (κ1) is 23.2. The standard InChI is InChI=1S/C24H24FN5O4S/c1-14-11-29(12-15(2)34-14)19(31)13-28-7-8-30-23(33)21(32)20(27-24(28)30)22-26-10-18(35-22)9-16-3-5-17(25)6-4-16/h3-8,10,14-15,32H,9,11-13H2,1-2H3/t14-,15-/m0/s1. The third kappa shape index (κ3) is 4.69. The first-order valence-corrected chi connectivity index (χ1v) is 12.0. The Balaban J connectivity index is 1.43. The van der Waals surface area contributed by atoms with Crippen LogP contribution >= 0.6 is 11.3 Å². The number of hydrogen-bond acceptors (Lipinski definition) is 7. The van der Waals surface area contributed by atoms with Crippen LogP contribution in [0.3, 0.4) is 0 Å². The molecule has 1 aromatic carbocycles. The molecule has 3 aromatic heterocycles. The molecule has 182 valence electrons. The largest absolute Gasteiger partial charge is 0.501 e. The normalized spacial score (nSPS) is 18.3. The molecular formula is C24H24FN5O4S. The highest BCUT2D eigenvalue weighted by Gasteiger charge is 2.27. The van der Waals surface area contributed by atoms with Gasteiger partial charge in [-0.25, -0.2) is 18.8 Å². The summed E-state index contributed by atoms with van der Waals surface area (Å²) in [7, 11) is 0. The molecule has 35 heavy (non-hydrogen) atoms. The number of hydrogen-bond donors (Lipinski definition) is 1. The van der Waals surface area contributed by atoms with Crippen molar-refractivity contribution >= 4 is 23.0 Å². The van der Waals surface area contributed by atoms with E-state index >= 15 is 0 Å². The summed E-state index contributed by atoms with van der Waals surface area (Å²) in [5.41, 5.74) is 0.333. The number of thiazole rings is 1. The highest BCUT2D eigenvalue weighted by molar-refractivity contribution is 7.15. The second kappa shape index (κ2) is 9.23. The van der Waals surface area contributed by atoms with Crippen LogP contribution in [0, 0.1) is 5.82 Å². The van der Waals surface area contributed by atoms with Gasteiger partial charge in [0.15, 0.2) is 5.69 Å². The minimum atomic E-state index is -0.639. The molecule has 1 fully saturated rings. The minimum Gasteiger partial charge on any atom is -0.501 e. The van der Waals surface area contributed by atoms with Crippen LogP contribution in [0.25, 0.3) is 16.5 Å². The monoisotopic (exact) mass is 497 g/mol. The van der Waals surface area contributed by atoms with Crippen LogP contribution in [-0.4, -0.2) is 60.1 Å². The second-order valence-corrected chi connectivity index (χ2v) is 9.82. The van der Waals surface area contributed by atoms with Crippen molar-refractivity contribution in [3.05, 3.63) is 69.5 Å². The Morgan fingerprint density at radius 1 is 1.20 bits per heavy atom. The number of amides is 1. The molecule has 1 aliphatic rings. The molecule has 1 amide bonds. The number of nitrogens with zero attached hydrogens (tertiary/aromatic N) is 5. The van der Waals surface area contributed by atoms with Gasteiger partial charge in [-0.3, -0.25) is 9.59 Å². The number of carbonyl (C=O) groups is 1. The van der Waals surface area contributed by atoms with E-state index in [-0.39, 0.29) is 41.9 Å². The van der Waals surface area contributed by atoms with E-state index in [2.05, 4.69) is 9.97 Å². The number of aromatic hydroxyl groups is 1. The summed E-state index contributed by atoms with van der Waals surface area (Å²) in [6.45, 7) is 4.85. The number of fused-ring (bicyclic) bond motifs is 1.